The maximum atomic E-state index is 8.47. The summed E-state index contributed by atoms with van der Waals surface area (Å²) in [5, 5.41) is 12.4. The number of aryl methyl sites for hydroxylation is 2. The van der Waals surface area contributed by atoms with Crippen molar-refractivity contribution in [3.63, 3.8) is 0 Å². The van der Waals surface area contributed by atoms with Gasteiger partial charge in [-0.25, -0.2) is 0 Å². The fourth-order valence-electron chi connectivity index (χ4n) is 1.63. The van der Waals surface area contributed by atoms with Crippen LogP contribution in [0.4, 0.5) is 0 Å². The van der Waals surface area contributed by atoms with Gasteiger partial charge in [0.2, 0.25) is 5.89 Å². The Bertz CT molecular complexity index is 574. The predicted octanol–water partition coefficient (Wildman–Crippen LogP) is 3.52. The molecule has 0 aliphatic heterocycles. The first kappa shape index (κ1) is 13.6. The lowest BCUT2D eigenvalue weighted by Crippen LogP contribution is -1.88. The van der Waals surface area contributed by atoms with E-state index >= 15 is 0 Å². The summed E-state index contributed by atoms with van der Waals surface area (Å²) in [6.45, 7) is 2.09. The highest BCUT2D eigenvalue weighted by molar-refractivity contribution is 7.98. The first-order valence-electron chi connectivity index (χ1n) is 6.16. The summed E-state index contributed by atoms with van der Waals surface area (Å²) < 4.78 is 5.15. The van der Waals surface area contributed by atoms with E-state index in [1.165, 1.54) is 10.5 Å². The number of hydrogen-bond donors (Lipinski definition) is 0. The van der Waals surface area contributed by atoms with Gasteiger partial charge in [-0.1, -0.05) is 23.4 Å². The van der Waals surface area contributed by atoms with Crippen LogP contribution in [0.1, 0.15) is 30.1 Å². The van der Waals surface area contributed by atoms with E-state index in [0.717, 1.165) is 6.42 Å². The normalized spacial score (nSPS) is 10.3. The standard InChI is InChI=1S/C14H15N3OS/c1-11-6-2-3-7-12(11)19-10-13-16-14(18-17-13)8-4-5-9-15/h2-3,6-7H,4-5,8,10H2,1H3. The summed E-state index contributed by atoms with van der Waals surface area (Å²) in [6, 6.07) is 10.3. The maximum absolute atomic E-state index is 8.47. The van der Waals surface area contributed by atoms with Crippen LogP contribution >= 0.6 is 11.8 Å². The average Bonchev–Trinajstić information content (AvgIpc) is 2.86. The van der Waals surface area contributed by atoms with Crippen molar-refractivity contribution < 1.29 is 4.52 Å². The number of hydrogen-bond acceptors (Lipinski definition) is 5. The lowest BCUT2D eigenvalue weighted by Gasteiger charge is -2.01. The minimum atomic E-state index is 0.523. The minimum absolute atomic E-state index is 0.523. The van der Waals surface area contributed by atoms with Gasteiger partial charge in [0.15, 0.2) is 5.82 Å². The topological polar surface area (TPSA) is 62.7 Å². The van der Waals surface area contributed by atoms with Crippen molar-refractivity contribution in [3.8, 4) is 6.07 Å². The van der Waals surface area contributed by atoms with E-state index < -0.39 is 0 Å². The zero-order chi connectivity index (χ0) is 13.5. The summed E-state index contributed by atoms with van der Waals surface area (Å²) in [4.78, 5) is 5.55. The van der Waals surface area contributed by atoms with E-state index in [4.69, 9.17) is 9.78 Å². The van der Waals surface area contributed by atoms with Crippen LogP contribution in [0.25, 0.3) is 0 Å². The Morgan fingerprint density at radius 1 is 1.37 bits per heavy atom. The van der Waals surface area contributed by atoms with Gasteiger partial charge in [0.25, 0.3) is 0 Å². The van der Waals surface area contributed by atoms with E-state index in [2.05, 4.69) is 35.3 Å². The van der Waals surface area contributed by atoms with Gasteiger partial charge < -0.3 is 4.52 Å². The number of nitriles is 1. The lowest BCUT2D eigenvalue weighted by atomic mass is 10.2. The smallest absolute Gasteiger partial charge is 0.226 e. The summed E-state index contributed by atoms with van der Waals surface area (Å²) >= 11 is 1.70. The lowest BCUT2D eigenvalue weighted by molar-refractivity contribution is 0.372. The Balaban J connectivity index is 1.87. The molecule has 0 unspecified atom stereocenters. The fraction of sp³-hybridized carbons (Fsp3) is 0.357. The molecule has 2 aromatic rings. The molecule has 0 bridgehead atoms. The van der Waals surface area contributed by atoms with Crippen LogP contribution < -0.4 is 0 Å². The molecule has 0 radical (unpaired) electrons. The first-order valence-corrected chi connectivity index (χ1v) is 7.15. The van der Waals surface area contributed by atoms with Crippen LogP contribution in [0.3, 0.4) is 0 Å². The fourth-order valence-corrected chi connectivity index (χ4v) is 2.50. The molecule has 0 N–H and O–H groups in total. The molecule has 0 atom stereocenters. The molecule has 4 nitrogen and oxygen atoms in total. The van der Waals surface area contributed by atoms with Crippen LogP contribution in [0.2, 0.25) is 0 Å². The third-order valence-electron chi connectivity index (χ3n) is 2.64. The number of nitrogens with zero attached hydrogens (tertiary/aromatic N) is 3. The van der Waals surface area contributed by atoms with Crippen molar-refractivity contribution in [2.24, 2.45) is 0 Å². The second-order valence-corrected chi connectivity index (χ2v) is 5.19. The Hall–Kier alpha value is -1.80. The van der Waals surface area contributed by atoms with Crippen LogP contribution in [0.5, 0.6) is 0 Å². The molecular formula is C14H15N3OS. The highest BCUT2D eigenvalue weighted by Gasteiger charge is 2.07. The molecule has 0 aliphatic carbocycles. The van der Waals surface area contributed by atoms with Gasteiger partial charge in [-0.05, 0) is 25.0 Å². The van der Waals surface area contributed by atoms with Crippen molar-refractivity contribution in [2.45, 2.75) is 36.8 Å². The number of unbranched alkanes of at least 4 members (excludes halogenated alkanes) is 1. The highest BCUT2D eigenvalue weighted by Crippen LogP contribution is 2.24. The predicted molar refractivity (Wildman–Crippen MR) is 73.6 cm³/mol. The summed E-state index contributed by atoms with van der Waals surface area (Å²) in [5.41, 5.74) is 1.25. The average molecular weight is 273 g/mol. The van der Waals surface area contributed by atoms with Gasteiger partial charge in [-0.2, -0.15) is 10.2 Å². The number of rotatable bonds is 6. The first-order chi connectivity index (χ1) is 9.29. The Labute approximate surface area is 116 Å². The molecule has 1 aromatic carbocycles. The monoisotopic (exact) mass is 273 g/mol. The highest BCUT2D eigenvalue weighted by atomic mass is 32.2. The van der Waals surface area contributed by atoms with E-state index in [1.54, 1.807) is 11.8 Å². The molecule has 0 saturated heterocycles. The van der Waals surface area contributed by atoms with Crippen molar-refractivity contribution in [3.05, 3.63) is 41.5 Å². The zero-order valence-corrected chi connectivity index (χ0v) is 11.6. The molecule has 0 amide bonds. The van der Waals surface area contributed by atoms with Crippen LogP contribution in [0, 0.1) is 18.3 Å². The number of thioether (sulfide) groups is 1. The molecule has 98 valence electrons. The van der Waals surface area contributed by atoms with E-state index in [-0.39, 0.29) is 0 Å². The van der Waals surface area contributed by atoms with E-state index in [1.807, 2.05) is 12.1 Å². The second-order valence-electron chi connectivity index (χ2n) is 4.17. The second kappa shape index (κ2) is 6.95. The number of aromatic nitrogens is 2. The van der Waals surface area contributed by atoms with Gasteiger partial charge in [-0.15, -0.1) is 11.8 Å². The van der Waals surface area contributed by atoms with E-state index in [9.17, 15) is 0 Å². The van der Waals surface area contributed by atoms with Crippen LogP contribution in [0.15, 0.2) is 33.7 Å². The largest absolute Gasteiger partial charge is 0.339 e. The van der Waals surface area contributed by atoms with Crippen molar-refractivity contribution >= 4 is 11.8 Å². The van der Waals surface area contributed by atoms with Crippen molar-refractivity contribution in [1.29, 1.82) is 5.26 Å². The Kier molecular flexibility index (Phi) is 4.99. The summed E-state index contributed by atoms with van der Waals surface area (Å²) in [7, 11) is 0. The van der Waals surface area contributed by atoms with E-state index in [0.29, 0.717) is 30.3 Å². The third-order valence-corrected chi connectivity index (χ3v) is 3.81. The zero-order valence-electron chi connectivity index (χ0n) is 10.8. The third kappa shape index (κ3) is 4.11. The molecule has 0 aliphatic rings. The van der Waals surface area contributed by atoms with Crippen LogP contribution in [-0.2, 0) is 12.2 Å². The summed E-state index contributed by atoms with van der Waals surface area (Å²) in [6.07, 6.45) is 1.97. The van der Waals surface area contributed by atoms with Crippen molar-refractivity contribution in [2.75, 3.05) is 0 Å². The SMILES string of the molecule is Cc1ccccc1SCc1noc(CCCC#N)n1. The Morgan fingerprint density at radius 2 is 2.21 bits per heavy atom. The minimum Gasteiger partial charge on any atom is -0.339 e. The van der Waals surface area contributed by atoms with Gasteiger partial charge in [0, 0.05) is 17.7 Å². The van der Waals surface area contributed by atoms with Gasteiger partial charge in [0.1, 0.15) is 0 Å². The molecule has 2 rings (SSSR count). The molecule has 19 heavy (non-hydrogen) atoms. The molecular weight excluding hydrogens is 258 g/mol. The number of benzene rings is 1. The Morgan fingerprint density at radius 3 is 3.00 bits per heavy atom. The summed E-state index contributed by atoms with van der Waals surface area (Å²) in [5.74, 6) is 2.03. The van der Waals surface area contributed by atoms with Crippen molar-refractivity contribution in [1.82, 2.24) is 10.1 Å². The van der Waals surface area contributed by atoms with Crippen LogP contribution in [-0.4, -0.2) is 10.1 Å². The van der Waals surface area contributed by atoms with Gasteiger partial charge >= 0.3 is 0 Å². The quantitative estimate of drug-likeness (QED) is 0.595. The van der Waals surface area contributed by atoms with Gasteiger partial charge in [-0.3, -0.25) is 0 Å². The molecule has 1 aromatic heterocycles. The molecule has 0 spiro atoms. The molecule has 5 heteroatoms. The molecule has 0 fully saturated rings. The van der Waals surface area contributed by atoms with Gasteiger partial charge in [0.05, 0.1) is 11.8 Å². The molecule has 1 heterocycles. The molecule has 0 saturated carbocycles. The maximum Gasteiger partial charge on any atom is 0.226 e.